The number of amides is 1. The van der Waals surface area contributed by atoms with Gasteiger partial charge in [0.15, 0.2) is 4.67 Å². The minimum atomic E-state index is 0.00229. The van der Waals surface area contributed by atoms with E-state index in [1.165, 1.54) is 6.26 Å². The van der Waals surface area contributed by atoms with E-state index >= 15 is 0 Å². The second-order valence-electron chi connectivity index (χ2n) is 4.31. The summed E-state index contributed by atoms with van der Waals surface area (Å²) in [7, 11) is 4.01. The van der Waals surface area contributed by atoms with Crippen molar-refractivity contribution < 1.29 is 9.21 Å². The van der Waals surface area contributed by atoms with Crippen LogP contribution in [0.4, 0.5) is 0 Å². The molecule has 1 rings (SSSR count). The molecule has 0 saturated heterocycles. The fourth-order valence-electron chi connectivity index (χ4n) is 1.88. The summed E-state index contributed by atoms with van der Waals surface area (Å²) in [5.74, 6) is 0.00229. The third kappa shape index (κ3) is 3.57. The molecule has 96 valence electrons. The van der Waals surface area contributed by atoms with Crippen LogP contribution in [0.2, 0.25) is 0 Å². The number of hydrogen-bond donors (Lipinski definition) is 0. The quantitative estimate of drug-likeness (QED) is 0.838. The molecule has 0 spiro atoms. The van der Waals surface area contributed by atoms with Crippen molar-refractivity contribution in [2.45, 2.75) is 19.9 Å². The first-order valence-electron chi connectivity index (χ1n) is 5.66. The molecule has 0 N–H and O–H groups in total. The van der Waals surface area contributed by atoms with Crippen LogP contribution >= 0.6 is 15.9 Å². The number of rotatable bonds is 5. The van der Waals surface area contributed by atoms with Crippen LogP contribution in [0, 0.1) is 0 Å². The van der Waals surface area contributed by atoms with Crippen LogP contribution in [0.15, 0.2) is 21.4 Å². The molecule has 4 nitrogen and oxygen atoms in total. The first-order chi connectivity index (χ1) is 7.97. The number of hydrogen-bond acceptors (Lipinski definition) is 3. The molecular weight excluding hydrogens is 284 g/mol. The summed E-state index contributed by atoms with van der Waals surface area (Å²) < 4.78 is 5.60. The second kappa shape index (κ2) is 6.21. The molecule has 0 bridgehead atoms. The van der Waals surface area contributed by atoms with E-state index in [0.717, 1.165) is 6.54 Å². The lowest BCUT2D eigenvalue weighted by molar-refractivity contribution is 0.0677. The lowest BCUT2D eigenvalue weighted by Gasteiger charge is -2.29. The molecule has 1 unspecified atom stereocenters. The van der Waals surface area contributed by atoms with E-state index in [0.29, 0.717) is 16.8 Å². The maximum absolute atomic E-state index is 12.3. The molecule has 1 heterocycles. The van der Waals surface area contributed by atoms with E-state index in [1.807, 2.05) is 25.9 Å². The Labute approximate surface area is 111 Å². The highest BCUT2D eigenvalue weighted by molar-refractivity contribution is 9.10. The van der Waals surface area contributed by atoms with Crippen molar-refractivity contribution in [3.05, 3.63) is 22.6 Å². The minimum Gasteiger partial charge on any atom is -0.457 e. The minimum absolute atomic E-state index is 0.00229. The molecule has 0 radical (unpaired) electrons. The Balaban J connectivity index is 2.81. The SMILES string of the molecule is CCN(C(=O)c1ccoc1Br)C(C)CN(C)C. The highest BCUT2D eigenvalue weighted by Crippen LogP contribution is 2.20. The zero-order valence-corrected chi connectivity index (χ0v) is 12.3. The first kappa shape index (κ1) is 14.3. The highest BCUT2D eigenvalue weighted by Gasteiger charge is 2.23. The summed E-state index contributed by atoms with van der Waals surface area (Å²) in [6.45, 7) is 5.56. The van der Waals surface area contributed by atoms with Crippen LogP contribution in [0.1, 0.15) is 24.2 Å². The third-order valence-corrected chi connectivity index (χ3v) is 3.23. The molecular formula is C12H19BrN2O2. The van der Waals surface area contributed by atoms with Crippen molar-refractivity contribution in [3.63, 3.8) is 0 Å². The van der Waals surface area contributed by atoms with E-state index in [2.05, 4.69) is 27.8 Å². The molecule has 1 amide bonds. The van der Waals surface area contributed by atoms with E-state index in [-0.39, 0.29) is 11.9 Å². The molecule has 1 atom stereocenters. The summed E-state index contributed by atoms with van der Waals surface area (Å²) in [6, 6.07) is 1.86. The monoisotopic (exact) mass is 302 g/mol. The number of nitrogens with zero attached hydrogens (tertiary/aromatic N) is 2. The molecule has 5 heteroatoms. The Bertz CT molecular complexity index is 376. The molecule has 0 fully saturated rings. The first-order valence-corrected chi connectivity index (χ1v) is 6.45. The maximum Gasteiger partial charge on any atom is 0.258 e. The van der Waals surface area contributed by atoms with E-state index in [4.69, 9.17) is 4.42 Å². The second-order valence-corrected chi connectivity index (χ2v) is 5.03. The Morgan fingerprint density at radius 2 is 2.18 bits per heavy atom. The van der Waals surface area contributed by atoms with Crippen LogP contribution in [0.5, 0.6) is 0 Å². The summed E-state index contributed by atoms with van der Waals surface area (Å²) >= 11 is 3.24. The van der Waals surface area contributed by atoms with E-state index in [1.54, 1.807) is 6.07 Å². The fraction of sp³-hybridized carbons (Fsp3) is 0.583. The van der Waals surface area contributed by atoms with Crippen LogP contribution in [0.25, 0.3) is 0 Å². The summed E-state index contributed by atoms with van der Waals surface area (Å²) in [4.78, 5) is 16.2. The molecule has 0 aliphatic rings. The number of carbonyl (C=O) groups is 1. The number of halogens is 1. The van der Waals surface area contributed by atoms with Gasteiger partial charge in [0.25, 0.3) is 5.91 Å². The zero-order valence-electron chi connectivity index (χ0n) is 10.7. The summed E-state index contributed by atoms with van der Waals surface area (Å²) in [6.07, 6.45) is 1.52. The van der Waals surface area contributed by atoms with Gasteiger partial charge in [0.1, 0.15) is 0 Å². The van der Waals surface area contributed by atoms with Gasteiger partial charge in [-0.2, -0.15) is 0 Å². The van der Waals surface area contributed by atoms with Gasteiger partial charge >= 0.3 is 0 Å². The average Bonchev–Trinajstić information content (AvgIpc) is 2.64. The van der Waals surface area contributed by atoms with E-state index in [9.17, 15) is 4.79 Å². The smallest absolute Gasteiger partial charge is 0.258 e. The van der Waals surface area contributed by atoms with Gasteiger partial charge in [-0.15, -0.1) is 0 Å². The predicted molar refractivity (Wildman–Crippen MR) is 71.1 cm³/mol. The summed E-state index contributed by atoms with van der Waals surface area (Å²) in [5.41, 5.74) is 0.581. The molecule has 0 aliphatic heterocycles. The van der Waals surface area contributed by atoms with Crippen molar-refractivity contribution >= 4 is 21.8 Å². The fourth-order valence-corrected chi connectivity index (χ4v) is 2.29. The van der Waals surface area contributed by atoms with Gasteiger partial charge in [-0.05, 0) is 49.9 Å². The van der Waals surface area contributed by atoms with Gasteiger partial charge in [-0.3, -0.25) is 4.79 Å². The number of carbonyl (C=O) groups excluding carboxylic acids is 1. The molecule has 17 heavy (non-hydrogen) atoms. The van der Waals surface area contributed by atoms with Crippen molar-refractivity contribution in [2.24, 2.45) is 0 Å². The van der Waals surface area contributed by atoms with Crippen molar-refractivity contribution in [3.8, 4) is 0 Å². The lowest BCUT2D eigenvalue weighted by Crippen LogP contribution is -2.43. The molecule has 0 saturated carbocycles. The molecule has 0 aromatic carbocycles. The average molecular weight is 303 g/mol. The van der Waals surface area contributed by atoms with E-state index < -0.39 is 0 Å². The Morgan fingerprint density at radius 3 is 2.59 bits per heavy atom. The predicted octanol–water partition coefficient (Wildman–Crippen LogP) is 2.45. The van der Waals surface area contributed by atoms with Crippen molar-refractivity contribution in [2.75, 3.05) is 27.2 Å². The standard InChI is InChI=1S/C12H19BrN2O2/c1-5-15(9(2)8-14(3)4)12(16)10-6-7-17-11(10)13/h6-7,9H,5,8H2,1-4H3. The van der Waals surface area contributed by atoms with Gasteiger partial charge in [-0.1, -0.05) is 0 Å². The molecule has 0 aliphatic carbocycles. The largest absolute Gasteiger partial charge is 0.457 e. The maximum atomic E-state index is 12.3. The van der Waals surface area contributed by atoms with Crippen LogP contribution < -0.4 is 0 Å². The topological polar surface area (TPSA) is 36.7 Å². The Hall–Kier alpha value is -0.810. The lowest BCUT2D eigenvalue weighted by atomic mass is 10.2. The number of furan rings is 1. The Kier molecular flexibility index (Phi) is 5.21. The van der Waals surface area contributed by atoms with Gasteiger partial charge < -0.3 is 14.2 Å². The number of likely N-dealkylation sites (N-methyl/N-ethyl adjacent to an activating group) is 2. The van der Waals surface area contributed by atoms with Crippen LogP contribution in [0.3, 0.4) is 0 Å². The highest BCUT2D eigenvalue weighted by atomic mass is 79.9. The van der Waals surface area contributed by atoms with Crippen LogP contribution in [-0.2, 0) is 0 Å². The van der Waals surface area contributed by atoms with Crippen LogP contribution in [-0.4, -0.2) is 48.9 Å². The summed E-state index contributed by atoms with van der Waals surface area (Å²) in [5, 5.41) is 0. The van der Waals surface area contributed by atoms with Gasteiger partial charge in [0.2, 0.25) is 0 Å². The normalized spacial score (nSPS) is 12.8. The zero-order chi connectivity index (χ0) is 13.0. The molecule has 1 aromatic heterocycles. The van der Waals surface area contributed by atoms with Gasteiger partial charge in [0.05, 0.1) is 11.8 Å². The van der Waals surface area contributed by atoms with Gasteiger partial charge in [0, 0.05) is 19.1 Å². The third-order valence-electron chi connectivity index (χ3n) is 2.61. The van der Waals surface area contributed by atoms with Crippen molar-refractivity contribution in [1.29, 1.82) is 0 Å². The van der Waals surface area contributed by atoms with Crippen molar-refractivity contribution in [1.82, 2.24) is 9.80 Å². The Morgan fingerprint density at radius 1 is 1.53 bits per heavy atom. The van der Waals surface area contributed by atoms with Gasteiger partial charge in [-0.25, -0.2) is 0 Å². The molecule has 1 aromatic rings.